The number of aromatic nitrogens is 1. The van der Waals surface area contributed by atoms with Crippen molar-refractivity contribution in [1.29, 1.82) is 0 Å². The lowest BCUT2D eigenvalue weighted by molar-refractivity contribution is -0.584. The molecule has 2 aromatic rings. The van der Waals surface area contributed by atoms with E-state index in [1.54, 1.807) is 27.0 Å². The van der Waals surface area contributed by atoms with Crippen LogP contribution in [0.4, 0.5) is 0 Å². The maximum atomic E-state index is 12.8. The molecular weight excluding hydrogens is 390 g/mol. The molecule has 3 unspecified atom stereocenters. The first kappa shape index (κ1) is 23.3. The number of methoxy groups -OCH3 is 1. The lowest BCUT2D eigenvalue weighted by Crippen LogP contribution is -2.45. The molecule has 1 aromatic carbocycles. The summed E-state index contributed by atoms with van der Waals surface area (Å²) < 4.78 is 13.0. The van der Waals surface area contributed by atoms with Crippen LogP contribution in [0.1, 0.15) is 70.7 Å². The molecular formula is C26H35NO4. The Labute approximate surface area is 185 Å². The number of hydrogen-bond acceptors (Lipinski definition) is 4. The van der Waals surface area contributed by atoms with Crippen LogP contribution in [-0.4, -0.2) is 23.9 Å². The predicted octanol–water partition coefficient (Wildman–Crippen LogP) is 5.45. The normalized spacial score (nSPS) is 20.3. The van der Waals surface area contributed by atoms with Gasteiger partial charge in [-0.1, -0.05) is 35.4 Å². The summed E-state index contributed by atoms with van der Waals surface area (Å²) in [5.74, 6) is 0.644. The van der Waals surface area contributed by atoms with Gasteiger partial charge >= 0.3 is 0 Å². The SMILES string of the molecule is COC1c2c(c3ccccc3[n+]([O-])c2C)OC1C(C)(O)CCC=C(C)CCC=C(C)C. The second kappa shape index (κ2) is 9.41. The van der Waals surface area contributed by atoms with Gasteiger partial charge in [0.25, 0.3) is 0 Å². The molecule has 5 heteroatoms. The van der Waals surface area contributed by atoms with E-state index in [-0.39, 0.29) is 0 Å². The van der Waals surface area contributed by atoms with E-state index in [9.17, 15) is 10.3 Å². The predicted molar refractivity (Wildman–Crippen MR) is 124 cm³/mol. The van der Waals surface area contributed by atoms with Crippen molar-refractivity contribution in [3.8, 4) is 5.75 Å². The fourth-order valence-corrected chi connectivity index (χ4v) is 4.38. The zero-order valence-corrected chi connectivity index (χ0v) is 19.6. The fraction of sp³-hybridized carbons (Fsp3) is 0.500. The van der Waals surface area contributed by atoms with Crippen molar-refractivity contribution in [2.24, 2.45) is 0 Å². The van der Waals surface area contributed by atoms with Crippen LogP contribution in [0.3, 0.4) is 0 Å². The highest BCUT2D eigenvalue weighted by molar-refractivity contribution is 5.85. The molecule has 0 spiro atoms. The highest BCUT2D eigenvalue weighted by Gasteiger charge is 2.49. The van der Waals surface area contributed by atoms with Crippen molar-refractivity contribution in [3.63, 3.8) is 0 Å². The second-order valence-corrected chi connectivity index (χ2v) is 9.10. The summed E-state index contributed by atoms with van der Waals surface area (Å²) in [5, 5.41) is 24.9. The number of ether oxygens (including phenoxy) is 2. The molecule has 3 rings (SSSR count). The molecule has 0 bridgehead atoms. The van der Waals surface area contributed by atoms with Crippen molar-refractivity contribution in [3.05, 3.63) is 64.0 Å². The van der Waals surface area contributed by atoms with Crippen molar-refractivity contribution < 1.29 is 19.3 Å². The van der Waals surface area contributed by atoms with Crippen LogP contribution < -0.4 is 9.47 Å². The van der Waals surface area contributed by atoms with Gasteiger partial charge in [-0.15, -0.1) is 0 Å². The van der Waals surface area contributed by atoms with E-state index < -0.39 is 17.8 Å². The van der Waals surface area contributed by atoms with Crippen molar-refractivity contribution >= 4 is 10.9 Å². The minimum absolute atomic E-state index is 0.502. The van der Waals surface area contributed by atoms with E-state index in [4.69, 9.17) is 9.47 Å². The van der Waals surface area contributed by atoms with Gasteiger partial charge in [0.15, 0.2) is 11.8 Å². The third kappa shape index (κ3) is 4.78. The van der Waals surface area contributed by atoms with Crippen LogP contribution in [0.2, 0.25) is 0 Å². The molecule has 1 aliphatic heterocycles. The van der Waals surface area contributed by atoms with Crippen LogP contribution in [0.5, 0.6) is 5.75 Å². The van der Waals surface area contributed by atoms with E-state index >= 15 is 0 Å². The van der Waals surface area contributed by atoms with E-state index in [0.717, 1.165) is 34.9 Å². The Balaban J connectivity index is 1.81. The Morgan fingerprint density at radius 1 is 1.23 bits per heavy atom. The Morgan fingerprint density at radius 3 is 2.61 bits per heavy atom. The van der Waals surface area contributed by atoms with Gasteiger partial charge in [0.2, 0.25) is 5.52 Å². The number of hydrogen-bond donors (Lipinski definition) is 1. The van der Waals surface area contributed by atoms with Gasteiger partial charge in [-0.2, -0.15) is 4.73 Å². The summed E-state index contributed by atoms with van der Waals surface area (Å²) in [6, 6.07) is 7.39. The molecule has 5 nitrogen and oxygen atoms in total. The quantitative estimate of drug-likeness (QED) is 0.347. The number of para-hydroxylation sites is 1. The number of nitrogens with zero attached hydrogens (tertiary/aromatic N) is 1. The second-order valence-electron chi connectivity index (χ2n) is 9.10. The van der Waals surface area contributed by atoms with Crippen LogP contribution in [0.15, 0.2) is 47.6 Å². The van der Waals surface area contributed by atoms with Crippen LogP contribution in [-0.2, 0) is 4.74 Å². The number of allylic oxidation sites excluding steroid dienone is 4. The third-order valence-corrected chi connectivity index (χ3v) is 6.21. The Hall–Kier alpha value is -2.37. The summed E-state index contributed by atoms with van der Waals surface area (Å²) in [6.07, 6.45) is 6.71. The van der Waals surface area contributed by atoms with E-state index in [2.05, 4.69) is 32.9 Å². The molecule has 168 valence electrons. The number of rotatable bonds is 8. The zero-order chi connectivity index (χ0) is 22.8. The topological polar surface area (TPSA) is 65.6 Å². The maximum absolute atomic E-state index is 12.8. The summed E-state index contributed by atoms with van der Waals surface area (Å²) in [5.41, 5.74) is 3.38. The first-order valence-corrected chi connectivity index (χ1v) is 11.0. The Bertz CT molecular complexity index is 1000. The molecule has 0 radical (unpaired) electrons. The Morgan fingerprint density at radius 2 is 1.94 bits per heavy atom. The number of aliphatic hydroxyl groups is 1. The minimum Gasteiger partial charge on any atom is -0.618 e. The number of fused-ring (bicyclic) bond motifs is 3. The molecule has 1 aromatic heterocycles. The molecule has 1 aliphatic rings. The summed E-state index contributed by atoms with van der Waals surface area (Å²) in [4.78, 5) is 0. The van der Waals surface area contributed by atoms with Gasteiger partial charge in [0.1, 0.15) is 17.5 Å². The third-order valence-electron chi connectivity index (χ3n) is 6.21. The van der Waals surface area contributed by atoms with Crippen LogP contribution >= 0.6 is 0 Å². The molecule has 0 saturated carbocycles. The molecule has 1 N–H and O–H groups in total. The van der Waals surface area contributed by atoms with Gasteiger partial charge in [-0.3, -0.25) is 0 Å². The fourth-order valence-electron chi connectivity index (χ4n) is 4.38. The number of pyridine rings is 1. The van der Waals surface area contributed by atoms with E-state index in [1.165, 1.54) is 11.1 Å². The van der Waals surface area contributed by atoms with Crippen molar-refractivity contribution in [1.82, 2.24) is 0 Å². The van der Waals surface area contributed by atoms with Gasteiger partial charge < -0.3 is 19.8 Å². The standard InChI is InChI=1S/C26H35NO4/c1-17(2)11-9-12-18(3)13-10-16-26(5,28)25-24(30-6)22-19(4)27(29)21-15-8-7-14-20(21)23(22)31-25/h7-8,11,13-15,24-25,28H,9-10,12,16H2,1-6H3. The molecule has 2 heterocycles. The molecule has 31 heavy (non-hydrogen) atoms. The lowest BCUT2D eigenvalue weighted by Gasteiger charge is -2.32. The minimum atomic E-state index is -1.11. The molecule has 0 aliphatic carbocycles. The largest absolute Gasteiger partial charge is 0.618 e. The lowest BCUT2D eigenvalue weighted by atomic mass is 9.87. The monoisotopic (exact) mass is 425 g/mol. The first-order chi connectivity index (χ1) is 14.7. The zero-order valence-electron chi connectivity index (χ0n) is 19.6. The van der Waals surface area contributed by atoms with Crippen LogP contribution in [0.25, 0.3) is 10.9 Å². The highest BCUT2D eigenvalue weighted by atomic mass is 16.6. The Kier molecular flexibility index (Phi) is 7.07. The summed E-state index contributed by atoms with van der Waals surface area (Å²) >= 11 is 0. The van der Waals surface area contributed by atoms with Crippen molar-refractivity contribution in [2.75, 3.05) is 7.11 Å². The van der Waals surface area contributed by atoms with Gasteiger partial charge in [0.05, 0.1) is 10.9 Å². The van der Waals surface area contributed by atoms with Crippen LogP contribution in [0, 0.1) is 12.1 Å². The highest BCUT2D eigenvalue weighted by Crippen LogP contribution is 2.47. The molecule has 0 amide bonds. The van der Waals surface area contributed by atoms with Gasteiger partial charge in [-0.25, -0.2) is 0 Å². The average Bonchev–Trinajstić information content (AvgIpc) is 3.12. The maximum Gasteiger partial charge on any atom is 0.227 e. The summed E-state index contributed by atoms with van der Waals surface area (Å²) in [6.45, 7) is 9.94. The van der Waals surface area contributed by atoms with Crippen molar-refractivity contribution in [2.45, 2.75) is 78.1 Å². The average molecular weight is 426 g/mol. The van der Waals surface area contributed by atoms with E-state index in [1.807, 2.05) is 18.2 Å². The van der Waals surface area contributed by atoms with E-state index in [0.29, 0.717) is 23.4 Å². The number of benzene rings is 1. The first-order valence-electron chi connectivity index (χ1n) is 11.0. The smallest absolute Gasteiger partial charge is 0.227 e. The molecule has 0 saturated heterocycles. The van der Waals surface area contributed by atoms with Gasteiger partial charge in [-0.05, 0) is 59.4 Å². The van der Waals surface area contributed by atoms with Gasteiger partial charge in [0, 0.05) is 20.1 Å². The molecule has 3 atom stereocenters. The summed E-state index contributed by atoms with van der Waals surface area (Å²) in [7, 11) is 1.60. The molecule has 0 fully saturated rings.